The summed E-state index contributed by atoms with van der Waals surface area (Å²) in [6, 6.07) is 11.4. The smallest absolute Gasteiger partial charge is 0.241 e. The predicted molar refractivity (Wildman–Crippen MR) is 139 cm³/mol. The van der Waals surface area contributed by atoms with E-state index in [0.29, 0.717) is 36.3 Å². The summed E-state index contributed by atoms with van der Waals surface area (Å²) in [5.74, 6) is 2.87. The third kappa shape index (κ3) is 8.52. The van der Waals surface area contributed by atoms with Crippen molar-refractivity contribution in [1.82, 2.24) is 15.5 Å². The van der Waals surface area contributed by atoms with E-state index in [4.69, 9.17) is 18.9 Å². The molecule has 2 rings (SSSR count). The molecule has 0 saturated heterocycles. The Balaban J connectivity index is 0.00000544. The van der Waals surface area contributed by atoms with Crippen LogP contribution in [0.15, 0.2) is 41.4 Å². The molecule has 10 heteroatoms. The second-order valence-corrected chi connectivity index (χ2v) is 7.04. The molecule has 0 bridgehead atoms. The average molecular weight is 572 g/mol. The van der Waals surface area contributed by atoms with E-state index in [0.717, 1.165) is 16.9 Å². The minimum Gasteiger partial charge on any atom is -0.497 e. The lowest BCUT2D eigenvalue weighted by atomic mass is 10.2. The van der Waals surface area contributed by atoms with Gasteiger partial charge in [0, 0.05) is 20.6 Å². The van der Waals surface area contributed by atoms with Gasteiger partial charge in [-0.3, -0.25) is 4.79 Å². The minimum absolute atomic E-state index is 0. The first-order valence-electron chi connectivity index (χ1n) is 10.1. The first-order chi connectivity index (χ1) is 15.4. The number of nitrogens with one attached hydrogen (secondary N) is 2. The van der Waals surface area contributed by atoms with Crippen LogP contribution in [0.5, 0.6) is 23.0 Å². The first kappa shape index (κ1) is 28.1. The molecule has 0 aliphatic carbocycles. The van der Waals surface area contributed by atoms with Gasteiger partial charge in [-0.2, -0.15) is 0 Å². The number of likely N-dealkylation sites (N-methyl/N-ethyl adjacent to an activating group) is 1. The molecule has 2 N–H and O–H groups in total. The molecule has 33 heavy (non-hydrogen) atoms. The van der Waals surface area contributed by atoms with Gasteiger partial charge in [0.2, 0.25) is 11.7 Å². The Morgan fingerprint density at radius 2 is 1.48 bits per heavy atom. The van der Waals surface area contributed by atoms with Crippen molar-refractivity contribution in [3.63, 3.8) is 0 Å². The van der Waals surface area contributed by atoms with Crippen molar-refractivity contribution in [1.29, 1.82) is 0 Å². The van der Waals surface area contributed by atoms with E-state index in [1.165, 1.54) is 4.90 Å². The standard InChI is InChI=1S/C23H32N4O5.HI/c1-27(2)21(28)15-26-23(24-13-16-7-9-18(29-3)10-8-16)25-14-17-11-19(30-4)22(32-6)20(12-17)31-5;/h7-12H,13-15H2,1-6H3,(H2,24,25,26);1H. The van der Waals surface area contributed by atoms with Crippen LogP contribution >= 0.6 is 24.0 Å². The molecular formula is C23H33IN4O5. The van der Waals surface area contributed by atoms with E-state index in [-0.39, 0.29) is 36.4 Å². The molecule has 182 valence electrons. The van der Waals surface area contributed by atoms with Crippen molar-refractivity contribution in [3.8, 4) is 23.0 Å². The molecule has 0 heterocycles. The van der Waals surface area contributed by atoms with Crippen molar-refractivity contribution in [3.05, 3.63) is 47.5 Å². The quantitative estimate of drug-likeness (QED) is 0.257. The number of ether oxygens (including phenoxy) is 4. The number of rotatable bonds is 10. The Labute approximate surface area is 212 Å². The number of aliphatic imine (C=N–C) groups is 1. The summed E-state index contributed by atoms with van der Waals surface area (Å²) in [5.41, 5.74) is 1.91. The van der Waals surface area contributed by atoms with Gasteiger partial charge in [-0.1, -0.05) is 12.1 Å². The number of carbonyl (C=O) groups is 1. The summed E-state index contributed by atoms with van der Waals surface area (Å²) in [6.45, 7) is 0.989. The van der Waals surface area contributed by atoms with Crippen LogP contribution in [0, 0.1) is 0 Å². The number of nitrogens with zero attached hydrogens (tertiary/aromatic N) is 2. The Bertz CT molecular complexity index is 895. The highest BCUT2D eigenvalue weighted by Gasteiger charge is 2.13. The monoisotopic (exact) mass is 572 g/mol. The largest absolute Gasteiger partial charge is 0.497 e. The number of hydrogen-bond acceptors (Lipinski definition) is 6. The van der Waals surface area contributed by atoms with E-state index >= 15 is 0 Å². The lowest BCUT2D eigenvalue weighted by Gasteiger charge is -2.16. The maximum Gasteiger partial charge on any atom is 0.241 e. The second-order valence-electron chi connectivity index (χ2n) is 7.04. The van der Waals surface area contributed by atoms with E-state index in [2.05, 4.69) is 15.6 Å². The van der Waals surface area contributed by atoms with Crippen molar-refractivity contribution in [2.24, 2.45) is 4.99 Å². The van der Waals surface area contributed by atoms with E-state index < -0.39 is 0 Å². The summed E-state index contributed by atoms with van der Waals surface area (Å²) in [6.07, 6.45) is 0. The molecule has 0 atom stereocenters. The third-order valence-electron chi connectivity index (χ3n) is 4.67. The molecule has 0 radical (unpaired) electrons. The summed E-state index contributed by atoms with van der Waals surface area (Å²) in [4.78, 5) is 18.2. The van der Waals surface area contributed by atoms with Gasteiger partial charge in [0.1, 0.15) is 5.75 Å². The van der Waals surface area contributed by atoms with E-state index in [9.17, 15) is 4.79 Å². The fraction of sp³-hybridized carbons (Fsp3) is 0.391. The molecule has 0 aromatic heterocycles. The first-order valence-corrected chi connectivity index (χ1v) is 10.1. The van der Waals surface area contributed by atoms with Crippen LogP contribution in [0.2, 0.25) is 0 Å². The van der Waals surface area contributed by atoms with Crippen molar-refractivity contribution in [2.75, 3.05) is 49.1 Å². The maximum absolute atomic E-state index is 12.0. The van der Waals surface area contributed by atoms with Gasteiger partial charge in [-0.25, -0.2) is 4.99 Å². The molecule has 0 saturated carbocycles. The van der Waals surface area contributed by atoms with Crippen molar-refractivity contribution >= 4 is 35.8 Å². The summed E-state index contributed by atoms with van der Waals surface area (Å²) in [5, 5.41) is 6.34. The molecule has 0 fully saturated rings. The maximum atomic E-state index is 12.0. The Kier molecular flexibility index (Phi) is 12.2. The van der Waals surface area contributed by atoms with Gasteiger partial charge in [0.05, 0.1) is 41.5 Å². The average Bonchev–Trinajstić information content (AvgIpc) is 2.82. The van der Waals surface area contributed by atoms with Crippen LogP contribution in [0.3, 0.4) is 0 Å². The van der Waals surface area contributed by atoms with Crippen LogP contribution in [0.1, 0.15) is 11.1 Å². The predicted octanol–water partition coefficient (Wildman–Crippen LogP) is 2.66. The molecular weight excluding hydrogens is 539 g/mol. The molecule has 0 aliphatic rings. The molecule has 2 aromatic carbocycles. The zero-order valence-electron chi connectivity index (χ0n) is 19.9. The normalized spacial score (nSPS) is 10.5. The van der Waals surface area contributed by atoms with Gasteiger partial charge in [-0.05, 0) is 35.4 Å². The Morgan fingerprint density at radius 1 is 0.879 bits per heavy atom. The number of carbonyl (C=O) groups excluding carboxylic acids is 1. The molecule has 9 nitrogen and oxygen atoms in total. The van der Waals surface area contributed by atoms with Gasteiger partial charge in [0.25, 0.3) is 0 Å². The van der Waals surface area contributed by atoms with Crippen molar-refractivity contribution < 1.29 is 23.7 Å². The van der Waals surface area contributed by atoms with Gasteiger partial charge in [0.15, 0.2) is 17.5 Å². The van der Waals surface area contributed by atoms with Crippen molar-refractivity contribution in [2.45, 2.75) is 13.1 Å². The van der Waals surface area contributed by atoms with Crippen LogP contribution in [-0.2, 0) is 17.9 Å². The fourth-order valence-corrected chi connectivity index (χ4v) is 2.82. The summed E-state index contributed by atoms with van der Waals surface area (Å²) >= 11 is 0. The van der Waals surface area contributed by atoms with Crippen LogP contribution in [0.4, 0.5) is 0 Å². The number of benzene rings is 2. The highest BCUT2D eigenvalue weighted by molar-refractivity contribution is 14.0. The third-order valence-corrected chi connectivity index (χ3v) is 4.67. The topological polar surface area (TPSA) is 93.6 Å². The van der Waals surface area contributed by atoms with E-state index in [1.54, 1.807) is 42.5 Å². The van der Waals surface area contributed by atoms with Crippen LogP contribution < -0.4 is 29.6 Å². The minimum atomic E-state index is -0.0586. The van der Waals surface area contributed by atoms with Crippen LogP contribution in [-0.4, -0.2) is 65.8 Å². The molecule has 0 unspecified atom stereocenters. The summed E-state index contributed by atoms with van der Waals surface area (Å²) in [7, 11) is 9.75. The number of halogens is 1. The SMILES string of the molecule is COc1ccc(CNC(=NCc2cc(OC)c(OC)c(OC)c2)NCC(=O)N(C)C)cc1.I. The molecule has 0 spiro atoms. The zero-order chi connectivity index (χ0) is 23.5. The zero-order valence-corrected chi connectivity index (χ0v) is 22.3. The number of guanidine groups is 1. The lowest BCUT2D eigenvalue weighted by molar-refractivity contribution is -0.127. The second kappa shape index (κ2) is 14.3. The number of hydrogen-bond donors (Lipinski definition) is 2. The fourth-order valence-electron chi connectivity index (χ4n) is 2.82. The Morgan fingerprint density at radius 3 is 1.97 bits per heavy atom. The highest BCUT2D eigenvalue weighted by atomic mass is 127. The van der Waals surface area contributed by atoms with Gasteiger partial charge < -0.3 is 34.5 Å². The van der Waals surface area contributed by atoms with Gasteiger partial charge in [-0.15, -0.1) is 24.0 Å². The summed E-state index contributed by atoms with van der Waals surface area (Å²) < 4.78 is 21.4. The number of methoxy groups -OCH3 is 4. The molecule has 0 aliphatic heterocycles. The van der Waals surface area contributed by atoms with Crippen LogP contribution in [0.25, 0.3) is 0 Å². The lowest BCUT2D eigenvalue weighted by Crippen LogP contribution is -2.42. The molecule has 2 aromatic rings. The highest BCUT2D eigenvalue weighted by Crippen LogP contribution is 2.38. The van der Waals surface area contributed by atoms with Gasteiger partial charge >= 0.3 is 0 Å². The Hall–Kier alpha value is -2.89. The number of amides is 1. The molecule has 1 amide bonds. The van der Waals surface area contributed by atoms with E-state index in [1.807, 2.05) is 36.4 Å².